The molecule has 0 heteroatoms. The highest BCUT2D eigenvalue weighted by molar-refractivity contribution is 5.47. The van der Waals surface area contributed by atoms with Gasteiger partial charge < -0.3 is 0 Å². The number of hydrogen-bond acceptors (Lipinski definition) is 0. The topological polar surface area (TPSA) is 0 Å². The summed E-state index contributed by atoms with van der Waals surface area (Å²) in [5, 5.41) is 0. The molecule has 1 rings (SSSR count). The molecule has 1 aliphatic carbocycles. The average molecular weight is 331 g/mol. The lowest BCUT2D eigenvalue weighted by Gasteiger charge is -2.17. The summed E-state index contributed by atoms with van der Waals surface area (Å²) in [6, 6.07) is 0. The van der Waals surface area contributed by atoms with Crippen LogP contribution in [-0.2, 0) is 0 Å². The molecule has 138 valence electrons. The Kier molecular flexibility index (Phi) is 20.2. The Balaban J connectivity index is -0.000000817. The molecule has 1 aliphatic rings. The van der Waals surface area contributed by atoms with Crippen molar-refractivity contribution in [2.45, 2.75) is 75.2 Å². The average Bonchev–Trinajstić information content (AvgIpc) is 2.71. The van der Waals surface area contributed by atoms with Gasteiger partial charge in [0.2, 0.25) is 0 Å². The van der Waals surface area contributed by atoms with E-state index >= 15 is 0 Å². The van der Waals surface area contributed by atoms with Gasteiger partial charge in [0.25, 0.3) is 0 Å². The number of rotatable bonds is 4. The lowest BCUT2D eigenvalue weighted by molar-refractivity contribution is 0.832. The first-order chi connectivity index (χ1) is 11.2. The molecule has 0 amide bonds. The molecule has 0 aromatic rings. The SMILES string of the molecule is C.C=CC1=C(/C=C\C)C(C)/C(=C/C=C\CC)C(=C)CC1.CC.CC. The summed E-state index contributed by atoms with van der Waals surface area (Å²) in [5.41, 5.74) is 5.35. The zero-order valence-electron chi connectivity index (χ0n) is 16.6. The third-order valence-corrected chi connectivity index (χ3v) is 3.65. The van der Waals surface area contributed by atoms with Gasteiger partial charge in [0, 0.05) is 5.92 Å². The van der Waals surface area contributed by atoms with E-state index in [2.05, 4.69) is 64.3 Å². The van der Waals surface area contributed by atoms with Crippen LogP contribution in [0.1, 0.15) is 75.2 Å². The minimum Gasteiger partial charge on any atom is -0.0988 e. The van der Waals surface area contributed by atoms with Crippen molar-refractivity contribution >= 4 is 0 Å². The first-order valence-electron chi connectivity index (χ1n) is 9.18. The van der Waals surface area contributed by atoms with E-state index in [4.69, 9.17) is 0 Å². The molecular formula is C24H42. The maximum absolute atomic E-state index is 4.26. The van der Waals surface area contributed by atoms with Crippen LogP contribution in [0.2, 0.25) is 0 Å². The van der Waals surface area contributed by atoms with Gasteiger partial charge in [-0.1, -0.05) is 104 Å². The van der Waals surface area contributed by atoms with E-state index in [1.165, 1.54) is 22.3 Å². The van der Waals surface area contributed by atoms with Crippen LogP contribution in [0.5, 0.6) is 0 Å². The van der Waals surface area contributed by atoms with Crippen molar-refractivity contribution in [1.29, 1.82) is 0 Å². The quantitative estimate of drug-likeness (QED) is 0.484. The second-order valence-corrected chi connectivity index (χ2v) is 4.97. The number of allylic oxidation sites excluding steroid dienone is 10. The summed E-state index contributed by atoms with van der Waals surface area (Å²) in [7, 11) is 0. The van der Waals surface area contributed by atoms with Crippen molar-refractivity contribution in [1.82, 2.24) is 0 Å². The minimum atomic E-state index is 0. The van der Waals surface area contributed by atoms with E-state index in [1.54, 1.807) is 0 Å². The molecule has 0 nitrogen and oxygen atoms in total. The van der Waals surface area contributed by atoms with Crippen molar-refractivity contribution in [2.75, 3.05) is 0 Å². The number of hydrogen-bond donors (Lipinski definition) is 0. The predicted octanol–water partition coefficient (Wildman–Crippen LogP) is 8.61. The summed E-state index contributed by atoms with van der Waals surface area (Å²) in [6.45, 7) is 22.7. The van der Waals surface area contributed by atoms with Gasteiger partial charge in [0.1, 0.15) is 0 Å². The van der Waals surface area contributed by atoms with Gasteiger partial charge in [0.05, 0.1) is 0 Å². The summed E-state index contributed by atoms with van der Waals surface area (Å²) < 4.78 is 0. The molecule has 0 aromatic carbocycles. The van der Waals surface area contributed by atoms with Crippen LogP contribution < -0.4 is 0 Å². The third-order valence-electron chi connectivity index (χ3n) is 3.65. The molecule has 1 atom stereocenters. The van der Waals surface area contributed by atoms with Gasteiger partial charge in [0.15, 0.2) is 0 Å². The Morgan fingerprint density at radius 3 is 2.17 bits per heavy atom. The van der Waals surface area contributed by atoms with Crippen LogP contribution in [0, 0.1) is 5.92 Å². The predicted molar refractivity (Wildman–Crippen MR) is 117 cm³/mol. The fourth-order valence-corrected chi connectivity index (χ4v) is 2.55. The third kappa shape index (κ3) is 8.91. The molecule has 0 N–H and O–H groups in total. The molecule has 0 saturated heterocycles. The largest absolute Gasteiger partial charge is 0.0988 e. The van der Waals surface area contributed by atoms with Gasteiger partial charge in [-0.05, 0) is 42.9 Å². The van der Waals surface area contributed by atoms with Crippen LogP contribution in [0.15, 0.2) is 71.9 Å². The normalized spacial score (nSPS) is 19.2. The highest BCUT2D eigenvalue weighted by Gasteiger charge is 2.20. The highest BCUT2D eigenvalue weighted by Crippen LogP contribution is 2.36. The Morgan fingerprint density at radius 2 is 1.71 bits per heavy atom. The molecule has 0 bridgehead atoms. The van der Waals surface area contributed by atoms with Gasteiger partial charge in [-0.25, -0.2) is 0 Å². The van der Waals surface area contributed by atoms with E-state index in [1.807, 2.05) is 33.8 Å². The molecule has 0 fully saturated rings. The Morgan fingerprint density at radius 1 is 1.12 bits per heavy atom. The molecule has 0 saturated carbocycles. The standard InChI is InChI=1S/C19H26.2C2H6.CH4/c1-6-9-10-12-18-15(4)13-14-17(8-3)19(11-7-2)16(18)5;2*1-2;/h7-12,16H,3-4,6,13-14H2,1-2,5H3;2*1-2H3;1H4/b10-9-,11-7-,18-12+;;;. The Labute approximate surface area is 153 Å². The fourth-order valence-electron chi connectivity index (χ4n) is 2.55. The second kappa shape index (κ2) is 17.8. The first-order valence-corrected chi connectivity index (χ1v) is 9.18. The van der Waals surface area contributed by atoms with E-state index < -0.39 is 0 Å². The Bertz CT molecular complexity index is 452. The minimum absolute atomic E-state index is 0. The lowest BCUT2D eigenvalue weighted by Crippen LogP contribution is -2.03. The van der Waals surface area contributed by atoms with Crippen LogP contribution in [0.4, 0.5) is 0 Å². The van der Waals surface area contributed by atoms with Crippen LogP contribution in [0.3, 0.4) is 0 Å². The van der Waals surface area contributed by atoms with Gasteiger partial charge >= 0.3 is 0 Å². The monoisotopic (exact) mass is 330 g/mol. The van der Waals surface area contributed by atoms with Gasteiger partial charge in [-0.3, -0.25) is 0 Å². The van der Waals surface area contributed by atoms with Gasteiger partial charge in [-0.15, -0.1) is 0 Å². The lowest BCUT2D eigenvalue weighted by atomic mass is 9.87. The van der Waals surface area contributed by atoms with Crippen molar-refractivity contribution in [3.8, 4) is 0 Å². The molecule has 0 aliphatic heterocycles. The van der Waals surface area contributed by atoms with Crippen LogP contribution in [-0.4, -0.2) is 0 Å². The van der Waals surface area contributed by atoms with Crippen molar-refractivity contribution in [2.24, 2.45) is 5.92 Å². The fraction of sp³-hybridized carbons (Fsp3) is 0.500. The summed E-state index contributed by atoms with van der Waals surface area (Å²) in [5.74, 6) is 0.390. The van der Waals surface area contributed by atoms with E-state index in [9.17, 15) is 0 Å². The van der Waals surface area contributed by atoms with E-state index in [0.29, 0.717) is 5.92 Å². The molecular weight excluding hydrogens is 288 g/mol. The zero-order valence-corrected chi connectivity index (χ0v) is 16.6. The summed E-state index contributed by atoms with van der Waals surface area (Å²) in [4.78, 5) is 0. The molecule has 1 unspecified atom stereocenters. The highest BCUT2D eigenvalue weighted by atomic mass is 14.2. The van der Waals surface area contributed by atoms with Crippen LogP contribution in [0.25, 0.3) is 0 Å². The smallest absolute Gasteiger partial charge is 0.00661 e. The first kappa shape index (κ1) is 27.3. The second-order valence-electron chi connectivity index (χ2n) is 4.97. The van der Waals surface area contributed by atoms with Crippen molar-refractivity contribution < 1.29 is 0 Å². The molecule has 0 radical (unpaired) electrons. The summed E-state index contributed by atoms with van der Waals surface area (Å²) in [6.07, 6.45) is 16.0. The maximum Gasteiger partial charge on any atom is 0.00661 e. The summed E-state index contributed by atoms with van der Waals surface area (Å²) >= 11 is 0. The molecule has 0 spiro atoms. The molecule has 0 heterocycles. The van der Waals surface area contributed by atoms with Gasteiger partial charge in [-0.2, -0.15) is 0 Å². The van der Waals surface area contributed by atoms with E-state index in [0.717, 1.165) is 19.3 Å². The molecule has 24 heavy (non-hydrogen) atoms. The maximum atomic E-state index is 4.26. The Hall–Kier alpha value is -1.56. The van der Waals surface area contributed by atoms with Crippen LogP contribution >= 0.6 is 0 Å². The van der Waals surface area contributed by atoms with Crippen molar-refractivity contribution in [3.05, 3.63) is 71.9 Å². The zero-order chi connectivity index (χ0) is 18.3. The molecule has 0 aromatic heterocycles. The van der Waals surface area contributed by atoms with E-state index in [-0.39, 0.29) is 7.43 Å². The van der Waals surface area contributed by atoms with Crippen molar-refractivity contribution in [3.63, 3.8) is 0 Å².